The topological polar surface area (TPSA) is 44.8 Å². The molecule has 1 N–H and O–H groups in total. The van der Waals surface area contributed by atoms with Gasteiger partial charge < -0.3 is 15.0 Å². The van der Waals surface area contributed by atoms with Crippen LogP contribution in [0.5, 0.6) is 5.75 Å². The van der Waals surface area contributed by atoms with Crippen molar-refractivity contribution in [3.05, 3.63) is 59.1 Å². The first-order chi connectivity index (χ1) is 12.6. The van der Waals surface area contributed by atoms with Gasteiger partial charge in [0.25, 0.3) is 0 Å². The highest BCUT2D eigenvalue weighted by Gasteiger charge is 2.19. The maximum Gasteiger partial charge on any atom is 0.321 e. The van der Waals surface area contributed by atoms with E-state index in [0.29, 0.717) is 6.54 Å². The van der Waals surface area contributed by atoms with E-state index in [1.807, 2.05) is 41.3 Å². The molecule has 1 fully saturated rings. The SMILES string of the molecule is COc1cccc(NC(=O)N2CCCN(Cc3ccc(Cl)cc3)CC2)c1. The molecule has 0 radical (unpaired) electrons. The monoisotopic (exact) mass is 373 g/mol. The maximum atomic E-state index is 12.6. The summed E-state index contributed by atoms with van der Waals surface area (Å²) in [4.78, 5) is 16.8. The van der Waals surface area contributed by atoms with Crippen LogP contribution < -0.4 is 10.1 Å². The van der Waals surface area contributed by atoms with Crippen LogP contribution in [-0.2, 0) is 6.54 Å². The van der Waals surface area contributed by atoms with E-state index in [4.69, 9.17) is 16.3 Å². The molecule has 3 rings (SSSR count). The summed E-state index contributed by atoms with van der Waals surface area (Å²) in [6, 6.07) is 15.3. The minimum absolute atomic E-state index is 0.0633. The molecule has 0 spiro atoms. The highest BCUT2D eigenvalue weighted by Crippen LogP contribution is 2.18. The number of nitrogens with zero attached hydrogens (tertiary/aromatic N) is 2. The number of carbonyl (C=O) groups is 1. The van der Waals surface area contributed by atoms with Gasteiger partial charge in [-0.25, -0.2) is 4.79 Å². The van der Waals surface area contributed by atoms with Gasteiger partial charge in [-0.3, -0.25) is 4.90 Å². The quantitative estimate of drug-likeness (QED) is 0.877. The van der Waals surface area contributed by atoms with Crippen LogP contribution in [0, 0.1) is 0 Å². The largest absolute Gasteiger partial charge is 0.497 e. The fourth-order valence-corrected chi connectivity index (χ4v) is 3.21. The minimum atomic E-state index is -0.0633. The maximum absolute atomic E-state index is 12.6. The zero-order valence-corrected chi connectivity index (χ0v) is 15.7. The number of halogens is 1. The van der Waals surface area contributed by atoms with Crippen LogP contribution >= 0.6 is 11.6 Å². The standard InChI is InChI=1S/C20H24ClN3O2/c1-26-19-5-2-4-18(14-19)22-20(25)24-11-3-10-23(12-13-24)15-16-6-8-17(21)9-7-16/h2,4-9,14H,3,10-13,15H2,1H3,(H,22,25). The van der Waals surface area contributed by atoms with Gasteiger partial charge >= 0.3 is 6.03 Å². The Hall–Kier alpha value is -2.24. The summed E-state index contributed by atoms with van der Waals surface area (Å²) < 4.78 is 5.20. The number of carbonyl (C=O) groups excluding carboxylic acids is 1. The molecular weight excluding hydrogens is 350 g/mol. The van der Waals surface area contributed by atoms with Gasteiger partial charge in [-0.2, -0.15) is 0 Å². The Morgan fingerprint density at radius 3 is 2.69 bits per heavy atom. The molecule has 1 saturated heterocycles. The second-order valence-electron chi connectivity index (χ2n) is 6.41. The molecule has 26 heavy (non-hydrogen) atoms. The smallest absolute Gasteiger partial charge is 0.321 e. The van der Waals surface area contributed by atoms with Crippen molar-refractivity contribution in [2.24, 2.45) is 0 Å². The molecule has 2 aromatic rings. The Balaban J connectivity index is 1.54. The molecule has 2 aromatic carbocycles. The lowest BCUT2D eigenvalue weighted by molar-refractivity contribution is 0.211. The van der Waals surface area contributed by atoms with E-state index >= 15 is 0 Å². The molecule has 0 aromatic heterocycles. The van der Waals surface area contributed by atoms with Gasteiger partial charge in [-0.05, 0) is 36.2 Å². The first-order valence-corrected chi connectivity index (χ1v) is 9.18. The Morgan fingerprint density at radius 1 is 1.12 bits per heavy atom. The van der Waals surface area contributed by atoms with Crippen molar-refractivity contribution in [3.8, 4) is 5.75 Å². The van der Waals surface area contributed by atoms with Gasteiger partial charge in [-0.1, -0.05) is 29.8 Å². The predicted octanol–water partition coefficient (Wildman–Crippen LogP) is 4.09. The molecule has 6 heteroatoms. The van der Waals surface area contributed by atoms with E-state index in [1.165, 1.54) is 5.56 Å². The zero-order chi connectivity index (χ0) is 18.4. The molecular formula is C20H24ClN3O2. The van der Waals surface area contributed by atoms with Crippen molar-refractivity contribution >= 4 is 23.3 Å². The van der Waals surface area contributed by atoms with Crippen LogP contribution in [0.1, 0.15) is 12.0 Å². The van der Waals surface area contributed by atoms with Crippen LogP contribution in [0.25, 0.3) is 0 Å². The lowest BCUT2D eigenvalue weighted by Crippen LogP contribution is -2.38. The van der Waals surface area contributed by atoms with Crippen LogP contribution in [0.2, 0.25) is 5.02 Å². The van der Waals surface area contributed by atoms with Crippen molar-refractivity contribution in [2.75, 3.05) is 38.6 Å². The Labute approximate surface area is 159 Å². The molecule has 0 saturated carbocycles. The third kappa shape index (κ3) is 5.13. The normalized spacial score (nSPS) is 15.4. The van der Waals surface area contributed by atoms with Crippen LogP contribution in [0.4, 0.5) is 10.5 Å². The summed E-state index contributed by atoms with van der Waals surface area (Å²) in [5.74, 6) is 0.729. The lowest BCUT2D eigenvalue weighted by Gasteiger charge is -2.22. The highest BCUT2D eigenvalue weighted by molar-refractivity contribution is 6.30. The fraction of sp³-hybridized carbons (Fsp3) is 0.350. The van der Waals surface area contributed by atoms with E-state index in [-0.39, 0.29) is 6.03 Å². The van der Waals surface area contributed by atoms with Crippen molar-refractivity contribution in [2.45, 2.75) is 13.0 Å². The van der Waals surface area contributed by atoms with Crippen molar-refractivity contribution < 1.29 is 9.53 Å². The van der Waals surface area contributed by atoms with E-state index < -0.39 is 0 Å². The average Bonchev–Trinajstić information content (AvgIpc) is 2.89. The second kappa shape index (κ2) is 8.92. The summed E-state index contributed by atoms with van der Waals surface area (Å²) in [7, 11) is 1.62. The van der Waals surface area contributed by atoms with Gasteiger partial charge in [0.15, 0.2) is 0 Å². The number of urea groups is 1. The van der Waals surface area contributed by atoms with Gasteiger partial charge in [0.05, 0.1) is 7.11 Å². The molecule has 0 atom stereocenters. The average molecular weight is 374 g/mol. The third-order valence-corrected chi connectivity index (χ3v) is 4.77. The van der Waals surface area contributed by atoms with Gasteiger partial charge in [0.2, 0.25) is 0 Å². The van der Waals surface area contributed by atoms with E-state index in [1.54, 1.807) is 7.11 Å². The molecule has 0 aliphatic carbocycles. The van der Waals surface area contributed by atoms with Crippen LogP contribution in [-0.4, -0.2) is 49.1 Å². The highest BCUT2D eigenvalue weighted by atomic mass is 35.5. The predicted molar refractivity (Wildman–Crippen MR) is 105 cm³/mol. The van der Waals surface area contributed by atoms with Crippen molar-refractivity contribution in [1.82, 2.24) is 9.80 Å². The summed E-state index contributed by atoms with van der Waals surface area (Å²) in [5, 5.41) is 3.71. The van der Waals surface area contributed by atoms with E-state index in [2.05, 4.69) is 22.3 Å². The lowest BCUT2D eigenvalue weighted by atomic mass is 10.2. The molecule has 138 valence electrons. The number of anilines is 1. The summed E-state index contributed by atoms with van der Waals surface area (Å²) >= 11 is 5.95. The molecule has 0 bridgehead atoms. The third-order valence-electron chi connectivity index (χ3n) is 4.52. The Bertz CT molecular complexity index is 736. The molecule has 2 amide bonds. The number of hydrogen-bond acceptors (Lipinski definition) is 3. The number of rotatable bonds is 4. The van der Waals surface area contributed by atoms with E-state index in [9.17, 15) is 4.79 Å². The molecule has 5 nitrogen and oxygen atoms in total. The van der Waals surface area contributed by atoms with Crippen LogP contribution in [0.15, 0.2) is 48.5 Å². The number of benzene rings is 2. The first-order valence-electron chi connectivity index (χ1n) is 8.81. The molecule has 1 aliphatic rings. The van der Waals surface area contributed by atoms with Gasteiger partial charge in [-0.15, -0.1) is 0 Å². The first kappa shape index (κ1) is 18.5. The van der Waals surface area contributed by atoms with Crippen LogP contribution in [0.3, 0.4) is 0 Å². The molecule has 1 heterocycles. The fourth-order valence-electron chi connectivity index (χ4n) is 3.08. The van der Waals surface area contributed by atoms with Crippen molar-refractivity contribution in [3.63, 3.8) is 0 Å². The van der Waals surface area contributed by atoms with Gasteiger partial charge in [0.1, 0.15) is 5.75 Å². The number of nitrogens with one attached hydrogen (secondary N) is 1. The molecule has 0 unspecified atom stereocenters. The Kier molecular flexibility index (Phi) is 6.36. The number of methoxy groups -OCH3 is 1. The van der Waals surface area contributed by atoms with E-state index in [0.717, 1.165) is 49.1 Å². The minimum Gasteiger partial charge on any atom is -0.497 e. The summed E-state index contributed by atoms with van der Waals surface area (Å²) in [6.07, 6.45) is 0.957. The Morgan fingerprint density at radius 2 is 1.92 bits per heavy atom. The zero-order valence-electron chi connectivity index (χ0n) is 15.0. The van der Waals surface area contributed by atoms with Crippen molar-refractivity contribution in [1.29, 1.82) is 0 Å². The second-order valence-corrected chi connectivity index (χ2v) is 6.84. The molecule has 1 aliphatic heterocycles. The number of hydrogen-bond donors (Lipinski definition) is 1. The summed E-state index contributed by atoms with van der Waals surface area (Å²) in [5.41, 5.74) is 1.99. The number of amides is 2. The van der Waals surface area contributed by atoms with Gasteiger partial charge in [0, 0.05) is 49.5 Å². The summed E-state index contributed by atoms with van der Waals surface area (Å²) in [6.45, 7) is 4.18. The number of ether oxygens (including phenoxy) is 1.